The van der Waals surface area contributed by atoms with Crippen LogP contribution in [0.1, 0.15) is 13.3 Å². The minimum atomic E-state index is 0.197. The van der Waals surface area contributed by atoms with Crippen molar-refractivity contribution in [2.75, 3.05) is 26.2 Å². The normalized spacial score (nSPS) is 29.0. The van der Waals surface area contributed by atoms with Crippen molar-refractivity contribution in [1.82, 2.24) is 15.5 Å². The molecule has 13 heavy (non-hydrogen) atoms. The van der Waals surface area contributed by atoms with Crippen LogP contribution in [0.15, 0.2) is 0 Å². The van der Waals surface area contributed by atoms with E-state index in [0.717, 1.165) is 26.2 Å². The van der Waals surface area contributed by atoms with Gasteiger partial charge in [0.2, 0.25) is 5.91 Å². The molecule has 0 bridgehead atoms. The first-order valence-electron chi connectivity index (χ1n) is 4.98. The molecule has 2 fully saturated rings. The number of hydrogen-bond donors (Lipinski definition) is 2. The van der Waals surface area contributed by atoms with Gasteiger partial charge in [-0.2, -0.15) is 0 Å². The van der Waals surface area contributed by atoms with Crippen LogP contribution in [0.25, 0.3) is 0 Å². The fraction of sp³-hybridized carbons (Fsp3) is 0.889. The molecule has 2 N–H and O–H groups in total. The standard InChI is InChI=1S/C9H17N3O/c1-7(13)12-5-9(6-12)11-8-2-3-10-4-8/h8-11H,2-6H2,1H3. The summed E-state index contributed by atoms with van der Waals surface area (Å²) < 4.78 is 0. The van der Waals surface area contributed by atoms with Gasteiger partial charge in [0.25, 0.3) is 0 Å². The quantitative estimate of drug-likeness (QED) is 0.587. The highest BCUT2D eigenvalue weighted by atomic mass is 16.2. The van der Waals surface area contributed by atoms with Crippen molar-refractivity contribution in [3.63, 3.8) is 0 Å². The van der Waals surface area contributed by atoms with E-state index in [-0.39, 0.29) is 5.91 Å². The van der Waals surface area contributed by atoms with E-state index in [1.807, 2.05) is 4.90 Å². The summed E-state index contributed by atoms with van der Waals surface area (Å²) in [4.78, 5) is 12.8. The van der Waals surface area contributed by atoms with Gasteiger partial charge in [0.15, 0.2) is 0 Å². The summed E-state index contributed by atoms with van der Waals surface area (Å²) in [5.41, 5.74) is 0. The van der Waals surface area contributed by atoms with Crippen LogP contribution in [0.3, 0.4) is 0 Å². The third-order valence-corrected chi connectivity index (χ3v) is 2.86. The predicted molar refractivity (Wildman–Crippen MR) is 50.5 cm³/mol. The van der Waals surface area contributed by atoms with Gasteiger partial charge in [-0.3, -0.25) is 4.79 Å². The lowest BCUT2D eigenvalue weighted by Gasteiger charge is -2.40. The number of nitrogens with zero attached hydrogens (tertiary/aromatic N) is 1. The van der Waals surface area contributed by atoms with Crippen LogP contribution in [0.5, 0.6) is 0 Å². The van der Waals surface area contributed by atoms with E-state index in [1.165, 1.54) is 6.42 Å². The lowest BCUT2D eigenvalue weighted by atomic mass is 10.1. The highest BCUT2D eigenvalue weighted by molar-refractivity contribution is 5.74. The first kappa shape index (κ1) is 8.97. The average Bonchev–Trinajstić information content (AvgIpc) is 2.46. The molecule has 0 aromatic heterocycles. The number of hydrogen-bond acceptors (Lipinski definition) is 3. The van der Waals surface area contributed by atoms with Crippen LogP contribution in [-0.2, 0) is 4.79 Å². The smallest absolute Gasteiger partial charge is 0.219 e. The maximum Gasteiger partial charge on any atom is 0.219 e. The summed E-state index contributed by atoms with van der Waals surface area (Å²) in [5, 5.41) is 6.86. The number of nitrogens with one attached hydrogen (secondary N) is 2. The summed E-state index contributed by atoms with van der Waals surface area (Å²) in [5.74, 6) is 0.197. The molecule has 2 heterocycles. The third-order valence-electron chi connectivity index (χ3n) is 2.86. The first-order chi connectivity index (χ1) is 6.25. The zero-order chi connectivity index (χ0) is 9.26. The topological polar surface area (TPSA) is 44.4 Å². The molecule has 4 nitrogen and oxygen atoms in total. The largest absolute Gasteiger partial charge is 0.340 e. The molecule has 4 heteroatoms. The van der Waals surface area contributed by atoms with Crippen LogP contribution < -0.4 is 10.6 Å². The van der Waals surface area contributed by atoms with Gasteiger partial charge < -0.3 is 15.5 Å². The second-order valence-electron chi connectivity index (χ2n) is 3.98. The van der Waals surface area contributed by atoms with Crippen LogP contribution in [-0.4, -0.2) is 49.1 Å². The molecule has 2 rings (SSSR count). The lowest BCUT2D eigenvalue weighted by Crippen LogP contribution is -2.61. The van der Waals surface area contributed by atoms with Crippen molar-refractivity contribution >= 4 is 5.91 Å². The third kappa shape index (κ3) is 2.00. The molecule has 2 aliphatic rings. The lowest BCUT2D eigenvalue weighted by molar-refractivity contribution is -0.133. The molecule has 2 aliphatic heterocycles. The van der Waals surface area contributed by atoms with Gasteiger partial charge in [-0.1, -0.05) is 0 Å². The Bertz CT molecular complexity index is 195. The van der Waals surface area contributed by atoms with E-state index in [4.69, 9.17) is 0 Å². The van der Waals surface area contributed by atoms with Gasteiger partial charge in [0, 0.05) is 38.6 Å². The Balaban J connectivity index is 1.66. The molecule has 0 aromatic carbocycles. The van der Waals surface area contributed by atoms with Crippen LogP contribution in [0.4, 0.5) is 0 Å². The van der Waals surface area contributed by atoms with Gasteiger partial charge in [-0.05, 0) is 13.0 Å². The Labute approximate surface area is 78.7 Å². The van der Waals surface area contributed by atoms with E-state index >= 15 is 0 Å². The molecule has 0 saturated carbocycles. The number of carbonyl (C=O) groups excluding carboxylic acids is 1. The van der Waals surface area contributed by atoms with E-state index in [0.29, 0.717) is 12.1 Å². The molecular weight excluding hydrogens is 166 g/mol. The Morgan fingerprint density at radius 2 is 2.23 bits per heavy atom. The summed E-state index contributed by atoms with van der Waals surface area (Å²) in [6, 6.07) is 1.16. The van der Waals surface area contributed by atoms with Crippen LogP contribution in [0.2, 0.25) is 0 Å². The Kier molecular flexibility index (Phi) is 2.51. The molecule has 2 saturated heterocycles. The fourth-order valence-electron chi connectivity index (χ4n) is 1.97. The van der Waals surface area contributed by atoms with E-state index in [9.17, 15) is 4.79 Å². The zero-order valence-corrected chi connectivity index (χ0v) is 8.05. The Morgan fingerprint density at radius 1 is 1.46 bits per heavy atom. The number of likely N-dealkylation sites (tertiary alicyclic amines) is 1. The van der Waals surface area contributed by atoms with Crippen LogP contribution in [0, 0.1) is 0 Å². The summed E-state index contributed by atoms with van der Waals surface area (Å²) in [6.07, 6.45) is 1.22. The summed E-state index contributed by atoms with van der Waals surface area (Å²) >= 11 is 0. The monoisotopic (exact) mass is 183 g/mol. The second-order valence-corrected chi connectivity index (χ2v) is 3.98. The zero-order valence-electron chi connectivity index (χ0n) is 8.05. The molecule has 1 unspecified atom stereocenters. The molecule has 0 aliphatic carbocycles. The maximum absolute atomic E-state index is 10.9. The maximum atomic E-state index is 10.9. The van der Waals surface area contributed by atoms with Crippen molar-refractivity contribution in [1.29, 1.82) is 0 Å². The van der Waals surface area contributed by atoms with Crippen molar-refractivity contribution < 1.29 is 4.79 Å². The highest BCUT2D eigenvalue weighted by Gasteiger charge is 2.30. The first-order valence-corrected chi connectivity index (χ1v) is 4.98. The van der Waals surface area contributed by atoms with Crippen molar-refractivity contribution in [2.24, 2.45) is 0 Å². The van der Waals surface area contributed by atoms with Gasteiger partial charge in [-0.25, -0.2) is 0 Å². The summed E-state index contributed by atoms with van der Waals surface area (Å²) in [7, 11) is 0. The number of rotatable bonds is 2. The molecule has 0 spiro atoms. The highest BCUT2D eigenvalue weighted by Crippen LogP contribution is 2.10. The minimum Gasteiger partial charge on any atom is -0.340 e. The second kappa shape index (κ2) is 3.64. The molecule has 0 aromatic rings. The summed E-state index contributed by atoms with van der Waals surface area (Å²) in [6.45, 7) is 5.63. The average molecular weight is 183 g/mol. The SMILES string of the molecule is CC(=O)N1CC(NC2CCNC2)C1. The molecule has 74 valence electrons. The number of carbonyl (C=O) groups is 1. The van der Waals surface area contributed by atoms with E-state index in [2.05, 4.69) is 10.6 Å². The molecular formula is C9H17N3O. The van der Waals surface area contributed by atoms with Gasteiger partial charge in [0.1, 0.15) is 0 Å². The molecule has 1 atom stereocenters. The van der Waals surface area contributed by atoms with Crippen molar-refractivity contribution in [3.8, 4) is 0 Å². The van der Waals surface area contributed by atoms with Gasteiger partial charge in [-0.15, -0.1) is 0 Å². The Morgan fingerprint density at radius 3 is 2.77 bits per heavy atom. The predicted octanol–water partition coefficient (Wildman–Crippen LogP) is -0.831. The fourth-order valence-corrected chi connectivity index (χ4v) is 1.97. The number of amides is 1. The van der Waals surface area contributed by atoms with Crippen LogP contribution >= 0.6 is 0 Å². The van der Waals surface area contributed by atoms with Gasteiger partial charge >= 0.3 is 0 Å². The molecule has 1 amide bonds. The van der Waals surface area contributed by atoms with Crippen molar-refractivity contribution in [3.05, 3.63) is 0 Å². The molecule has 0 radical (unpaired) electrons. The van der Waals surface area contributed by atoms with Crippen molar-refractivity contribution in [2.45, 2.75) is 25.4 Å². The van der Waals surface area contributed by atoms with Gasteiger partial charge in [0.05, 0.1) is 0 Å². The van der Waals surface area contributed by atoms with E-state index < -0.39 is 0 Å². The van der Waals surface area contributed by atoms with E-state index in [1.54, 1.807) is 6.92 Å². The Hall–Kier alpha value is -0.610. The minimum absolute atomic E-state index is 0.197.